The molecule has 7 rings (SSSR count). The smallest absolute Gasteiger partial charge is 0.0640 e. The quantitative estimate of drug-likeness (QED) is 0.254. The number of hydrogen-bond donors (Lipinski definition) is 0. The molecule has 0 aliphatic rings. The Morgan fingerprint density at radius 2 is 1.42 bits per heavy atom. The van der Waals surface area contributed by atoms with Gasteiger partial charge in [0.15, 0.2) is 0 Å². The number of aromatic nitrogens is 1. The van der Waals surface area contributed by atoms with Crippen molar-refractivity contribution in [2.24, 2.45) is 0 Å². The summed E-state index contributed by atoms with van der Waals surface area (Å²) in [6.07, 6.45) is 0. The van der Waals surface area contributed by atoms with Crippen LogP contribution in [0.5, 0.6) is 0 Å². The maximum Gasteiger partial charge on any atom is 0.0640 e. The summed E-state index contributed by atoms with van der Waals surface area (Å²) in [5.74, 6) is 0. The van der Waals surface area contributed by atoms with Crippen molar-refractivity contribution >= 4 is 64.1 Å². The van der Waals surface area contributed by atoms with Crippen LogP contribution in [-0.4, -0.2) is 4.57 Å². The second-order valence-electron chi connectivity index (χ2n) is 8.29. The number of benzene rings is 5. The maximum atomic E-state index is 2.46. The number of nitrogens with zero attached hydrogens (tertiary/aromatic N) is 1. The van der Waals surface area contributed by atoms with Crippen LogP contribution >= 0.6 is 11.3 Å². The molecular weight excluding hydrogens is 394 g/mol. The van der Waals surface area contributed by atoms with E-state index in [4.69, 9.17) is 0 Å². The van der Waals surface area contributed by atoms with Gasteiger partial charge in [-0.05, 0) is 47.5 Å². The number of fused-ring (bicyclic) bond motifs is 8. The molecule has 1 nitrogen and oxygen atoms in total. The summed E-state index contributed by atoms with van der Waals surface area (Å²) in [5.41, 5.74) is 5.10. The molecular formula is C29H19NS. The van der Waals surface area contributed by atoms with Crippen LogP contribution in [0.4, 0.5) is 0 Å². The van der Waals surface area contributed by atoms with Gasteiger partial charge in [-0.1, -0.05) is 72.8 Å². The van der Waals surface area contributed by atoms with Crippen LogP contribution in [0.25, 0.3) is 58.4 Å². The minimum absolute atomic E-state index is 1.26. The molecule has 0 aliphatic carbocycles. The maximum absolute atomic E-state index is 2.46. The van der Waals surface area contributed by atoms with Crippen molar-refractivity contribution in [3.8, 4) is 5.69 Å². The largest absolute Gasteiger partial charge is 0.308 e. The van der Waals surface area contributed by atoms with Gasteiger partial charge in [0.1, 0.15) is 0 Å². The predicted molar refractivity (Wildman–Crippen MR) is 136 cm³/mol. The molecule has 0 fully saturated rings. The molecule has 5 aromatic carbocycles. The molecule has 0 aliphatic heterocycles. The molecule has 0 unspecified atom stereocenters. The molecule has 0 saturated carbocycles. The average Bonchev–Trinajstić information content (AvgIpc) is 3.34. The van der Waals surface area contributed by atoms with Crippen molar-refractivity contribution < 1.29 is 0 Å². The van der Waals surface area contributed by atoms with Gasteiger partial charge in [-0.15, -0.1) is 11.3 Å². The van der Waals surface area contributed by atoms with Crippen LogP contribution in [0.2, 0.25) is 0 Å². The topological polar surface area (TPSA) is 4.93 Å². The van der Waals surface area contributed by atoms with Gasteiger partial charge in [0.25, 0.3) is 0 Å². The van der Waals surface area contributed by atoms with Gasteiger partial charge in [0, 0.05) is 26.2 Å². The molecule has 2 heteroatoms. The molecule has 2 aromatic heterocycles. The second-order valence-corrected chi connectivity index (χ2v) is 9.34. The van der Waals surface area contributed by atoms with Gasteiger partial charge in [0.2, 0.25) is 0 Å². The van der Waals surface area contributed by atoms with E-state index in [-0.39, 0.29) is 0 Å². The first-order valence-electron chi connectivity index (χ1n) is 10.6. The Kier molecular flexibility index (Phi) is 3.42. The van der Waals surface area contributed by atoms with Crippen molar-refractivity contribution in [1.82, 2.24) is 4.57 Å². The zero-order valence-electron chi connectivity index (χ0n) is 17.1. The van der Waals surface area contributed by atoms with E-state index in [9.17, 15) is 0 Å². The van der Waals surface area contributed by atoms with E-state index in [1.165, 1.54) is 64.0 Å². The first-order valence-corrected chi connectivity index (χ1v) is 11.4. The molecule has 31 heavy (non-hydrogen) atoms. The van der Waals surface area contributed by atoms with Crippen molar-refractivity contribution in [2.45, 2.75) is 6.92 Å². The Balaban J connectivity index is 1.70. The second kappa shape index (κ2) is 6.19. The molecule has 0 amide bonds. The van der Waals surface area contributed by atoms with Gasteiger partial charge < -0.3 is 4.57 Å². The lowest BCUT2D eigenvalue weighted by Gasteiger charge is -2.09. The zero-order chi connectivity index (χ0) is 20.5. The fraction of sp³-hybridized carbons (Fsp3) is 0.0345. The Morgan fingerprint density at radius 3 is 2.35 bits per heavy atom. The molecule has 0 radical (unpaired) electrons. The third-order valence-corrected chi connectivity index (χ3v) is 7.63. The number of para-hydroxylation sites is 1. The van der Waals surface area contributed by atoms with E-state index in [0.717, 1.165) is 0 Å². The van der Waals surface area contributed by atoms with Crippen molar-refractivity contribution in [2.75, 3.05) is 0 Å². The first-order chi connectivity index (χ1) is 15.3. The predicted octanol–water partition coefficient (Wildman–Crippen LogP) is 8.61. The third-order valence-electron chi connectivity index (χ3n) is 6.44. The van der Waals surface area contributed by atoms with Gasteiger partial charge in [-0.2, -0.15) is 0 Å². The minimum Gasteiger partial charge on any atom is -0.308 e. The van der Waals surface area contributed by atoms with Crippen LogP contribution in [0.1, 0.15) is 5.56 Å². The lowest BCUT2D eigenvalue weighted by Crippen LogP contribution is -1.93. The molecule has 2 heterocycles. The van der Waals surface area contributed by atoms with E-state index < -0.39 is 0 Å². The lowest BCUT2D eigenvalue weighted by atomic mass is 10.0. The van der Waals surface area contributed by atoms with E-state index >= 15 is 0 Å². The molecule has 0 spiro atoms. The van der Waals surface area contributed by atoms with Crippen LogP contribution in [0, 0.1) is 6.92 Å². The van der Waals surface area contributed by atoms with E-state index in [2.05, 4.69) is 109 Å². The average molecular weight is 414 g/mol. The van der Waals surface area contributed by atoms with Crippen molar-refractivity contribution in [3.63, 3.8) is 0 Å². The third kappa shape index (κ3) is 2.31. The fourth-order valence-corrected chi connectivity index (χ4v) is 6.37. The standard InChI is InChI=1S/C29H19NS/c1-18-13-15-21-22-10-6-12-26(29(22)31-27(21)17-18)30-24-11-5-4-9-23(24)28-20-8-3-2-7-19(20)14-16-25(28)30/h2-17H,1H3. The highest BCUT2D eigenvalue weighted by atomic mass is 32.1. The summed E-state index contributed by atoms with van der Waals surface area (Å²) < 4.78 is 5.16. The van der Waals surface area contributed by atoms with Crippen LogP contribution in [-0.2, 0) is 0 Å². The normalized spacial score (nSPS) is 12.0. The number of aryl methyl sites for hydroxylation is 1. The van der Waals surface area contributed by atoms with Gasteiger partial charge in [-0.25, -0.2) is 0 Å². The number of thiophene rings is 1. The minimum atomic E-state index is 1.26. The summed E-state index contributed by atoms with van der Waals surface area (Å²) in [7, 11) is 0. The SMILES string of the molecule is Cc1ccc2c(c1)sc1c(-n3c4ccccc4c4c5ccccc5ccc43)cccc12. The highest BCUT2D eigenvalue weighted by Crippen LogP contribution is 2.42. The summed E-state index contributed by atoms with van der Waals surface area (Å²) in [6.45, 7) is 2.17. The Labute approximate surface area is 183 Å². The Bertz CT molecular complexity index is 1800. The van der Waals surface area contributed by atoms with E-state index in [1.54, 1.807) is 0 Å². The van der Waals surface area contributed by atoms with E-state index in [0.29, 0.717) is 0 Å². The summed E-state index contributed by atoms with van der Waals surface area (Å²) in [5, 5.41) is 7.93. The summed E-state index contributed by atoms with van der Waals surface area (Å²) in [6, 6.07) is 35.6. The summed E-state index contributed by atoms with van der Waals surface area (Å²) in [4.78, 5) is 0. The Hall–Kier alpha value is -3.62. The molecule has 0 saturated heterocycles. The number of rotatable bonds is 1. The fourth-order valence-electron chi connectivity index (χ4n) is 5.07. The van der Waals surface area contributed by atoms with E-state index in [1.807, 2.05) is 11.3 Å². The molecule has 0 N–H and O–H groups in total. The van der Waals surface area contributed by atoms with Gasteiger partial charge in [-0.3, -0.25) is 0 Å². The van der Waals surface area contributed by atoms with Gasteiger partial charge >= 0.3 is 0 Å². The van der Waals surface area contributed by atoms with Crippen LogP contribution < -0.4 is 0 Å². The highest BCUT2D eigenvalue weighted by Gasteiger charge is 2.17. The van der Waals surface area contributed by atoms with Crippen LogP contribution in [0.3, 0.4) is 0 Å². The number of hydrogen-bond acceptors (Lipinski definition) is 1. The molecule has 7 aromatic rings. The van der Waals surface area contributed by atoms with Crippen molar-refractivity contribution in [3.05, 3.63) is 103 Å². The van der Waals surface area contributed by atoms with Crippen molar-refractivity contribution in [1.29, 1.82) is 0 Å². The monoisotopic (exact) mass is 413 g/mol. The molecule has 0 bridgehead atoms. The molecule has 0 atom stereocenters. The molecule has 146 valence electrons. The van der Waals surface area contributed by atoms with Gasteiger partial charge in [0.05, 0.1) is 21.4 Å². The first kappa shape index (κ1) is 17.1. The zero-order valence-corrected chi connectivity index (χ0v) is 17.9. The Morgan fingerprint density at radius 1 is 0.613 bits per heavy atom. The lowest BCUT2D eigenvalue weighted by molar-refractivity contribution is 1.20. The van der Waals surface area contributed by atoms with Crippen LogP contribution in [0.15, 0.2) is 97.1 Å². The summed E-state index contributed by atoms with van der Waals surface area (Å²) >= 11 is 1.90. The highest BCUT2D eigenvalue weighted by molar-refractivity contribution is 7.26.